The van der Waals surface area contributed by atoms with Crippen molar-refractivity contribution in [1.29, 1.82) is 0 Å². The first kappa shape index (κ1) is 14.3. The summed E-state index contributed by atoms with van der Waals surface area (Å²) in [5.74, 6) is -0.593. The number of carboxylic acids is 1. The van der Waals surface area contributed by atoms with Gasteiger partial charge in [0.1, 0.15) is 5.65 Å². The molecule has 0 radical (unpaired) electrons. The first-order valence-electron chi connectivity index (χ1n) is 6.75. The highest BCUT2D eigenvalue weighted by molar-refractivity contribution is 5.93. The maximum absolute atomic E-state index is 11.5. The van der Waals surface area contributed by atoms with Gasteiger partial charge in [-0.1, -0.05) is 19.4 Å². The van der Waals surface area contributed by atoms with Crippen LogP contribution in [0.15, 0.2) is 24.4 Å². The number of aromatic nitrogens is 2. The van der Waals surface area contributed by atoms with Gasteiger partial charge >= 0.3 is 5.97 Å². The Morgan fingerprint density at radius 1 is 1.40 bits per heavy atom. The summed E-state index contributed by atoms with van der Waals surface area (Å²) in [6, 6.07) is 5.36. The molecule has 0 atom stereocenters. The molecule has 2 aromatic heterocycles. The van der Waals surface area contributed by atoms with Crippen molar-refractivity contribution in [3.63, 3.8) is 0 Å². The number of pyridine rings is 1. The Labute approximate surface area is 117 Å². The van der Waals surface area contributed by atoms with E-state index >= 15 is 0 Å². The van der Waals surface area contributed by atoms with Gasteiger partial charge in [-0.25, -0.2) is 9.78 Å². The van der Waals surface area contributed by atoms with Crippen LogP contribution < -0.4 is 4.90 Å². The van der Waals surface area contributed by atoms with E-state index < -0.39 is 5.97 Å². The molecular weight excluding hydrogens is 258 g/mol. The summed E-state index contributed by atoms with van der Waals surface area (Å²) in [5, 5.41) is 18.6. The van der Waals surface area contributed by atoms with Crippen LogP contribution in [-0.2, 0) is 0 Å². The normalized spacial score (nSPS) is 10.9. The molecule has 0 saturated heterocycles. The van der Waals surface area contributed by atoms with Crippen molar-refractivity contribution in [3.05, 3.63) is 30.1 Å². The Balaban J connectivity index is 2.49. The summed E-state index contributed by atoms with van der Waals surface area (Å²) in [4.78, 5) is 17.8. The number of hydrogen-bond donors (Lipinski definition) is 2. The third-order valence-corrected chi connectivity index (χ3v) is 3.17. The number of aliphatic hydroxyl groups is 1. The number of fused-ring (bicyclic) bond motifs is 1. The van der Waals surface area contributed by atoms with Gasteiger partial charge in [-0.2, -0.15) is 0 Å². The lowest BCUT2D eigenvalue weighted by molar-refractivity contribution is 0.0690. The highest BCUT2D eigenvalue weighted by atomic mass is 16.4. The van der Waals surface area contributed by atoms with E-state index in [0.717, 1.165) is 12.8 Å². The Bertz CT molecular complexity index is 594. The van der Waals surface area contributed by atoms with E-state index in [0.29, 0.717) is 24.6 Å². The number of nitrogens with zero attached hydrogens (tertiary/aromatic N) is 3. The zero-order valence-corrected chi connectivity index (χ0v) is 11.5. The third-order valence-electron chi connectivity index (χ3n) is 3.17. The molecule has 0 bridgehead atoms. The molecular formula is C14H19N3O3. The third kappa shape index (κ3) is 2.75. The molecule has 0 aliphatic rings. The lowest BCUT2D eigenvalue weighted by Gasteiger charge is -2.21. The topological polar surface area (TPSA) is 78.1 Å². The quantitative estimate of drug-likeness (QED) is 0.804. The highest BCUT2D eigenvalue weighted by Gasteiger charge is 2.22. The van der Waals surface area contributed by atoms with Gasteiger partial charge in [-0.05, 0) is 18.6 Å². The molecule has 6 nitrogen and oxygen atoms in total. The van der Waals surface area contributed by atoms with Crippen molar-refractivity contribution in [3.8, 4) is 0 Å². The van der Waals surface area contributed by atoms with Gasteiger partial charge in [-0.15, -0.1) is 0 Å². The number of imidazole rings is 1. The van der Waals surface area contributed by atoms with Crippen LogP contribution in [-0.4, -0.2) is 45.3 Å². The number of anilines is 1. The molecule has 2 N–H and O–H groups in total. The zero-order valence-electron chi connectivity index (χ0n) is 11.5. The van der Waals surface area contributed by atoms with Crippen LogP contribution in [0, 0.1) is 0 Å². The van der Waals surface area contributed by atoms with Gasteiger partial charge in [-0.3, -0.25) is 4.40 Å². The Morgan fingerprint density at radius 2 is 2.20 bits per heavy atom. The first-order valence-corrected chi connectivity index (χ1v) is 6.75. The molecule has 2 aromatic rings. The molecule has 108 valence electrons. The Hall–Kier alpha value is -2.08. The fraction of sp³-hybridized carbons (Fsp3) is 0.429. The van der Waals surface area contributed by atoms with Gasteiger partial charge in [0.2, 0.25) is 0 Å². The van der Waals surface area contributed by atoms with Gasteiger partial charge in [0.15, 0.2) is 11.5 Å². The summed E-state index contributed by atoms with van der Waals surface area (Å²) in [5.41, 5.74) is 0.740. The molecule has 0 aliphatic heterocycles. The summed E-state index contributed by atoms with van der Waals surface area (Å²) in [6.45, 7) is 3.10. The van der Waals surface area contributed by atoms with Gasteiger partial charge < -0.3 is 15.1 Å². The van der Waals surface area contributed by atoms with Crippen molar-refractivity contribution in [2.24, 2.45) is 0 Å². The van der Waals surface area contributed by atoms with Crippen molar-refractivity contribution in [1.82, 2.24) is 9.38 Å². The molecule has 0 saturated carbocycles. The number of aromatic carboxylic acids is 1. The molecule has 6 heteroatoms. The fourth-order valence-electron chi connectivity index (χ4n) is 2.20. The van der Waals surface area contributed by atoms with E-state index in [1.165, 1.54) is 0 Å². The molecule has 2 rings (SSSR count). The van der Waals surface area contributed by atoms with Crippen molar-refractivity contribution >= 4 is 17.4 Å². The predicted octanol–water partition coefficient (Wildman–Crippen LogP) is 1.63. The summed E-state index contributed by atoms with van der Waals surface area (Å²) in [7, 11) is 0. The maximum Gasteiger partial charge on any atom is 0.356 e. The summed E-state index contributed by atoms with van der Waals surface area (Å²) >= 11 is 0. The van der Waals surface area contributed by atoms with E-state index in [4.69, 9.17) is 0 Å². The predicted molar refractivity (Wildman–Crippen MR) is 76.4 cm³/mol. The van der Waals surface area contributed by atoms with E-state index in [9.17, 15) is 15.0 Å². The van der Waals surface area contributed by atoms with Crippen LogP contribution in [0.3, 0.4) is 0 Å². The number of unbranched alkanes of at least 4 members (excludes halogenated alkanes) is 1. The number of hydrogen-bond acceptors (Lipinski definition) is 4. The molecule has 0 amide bonds. The molecule has 0 spiro atoms. The van der Waals surface area contributed by atoms with Crippen LogP contribution in [0.4, 0.5) is 5.82 Å². The average Bonchev–Trinajstić information content (AvgIpc) is 2.82. The van der Waals surface area contributed by atoms with Gasteiger partial charge in [0, 0.05) is 19.3 Å². The van der Waals surface area contributed by atoms with Crippen LogP contribution in [0.1, 0.15) is 30.3 Å². The highest BCUT2D eigenvalue weighted by Crippen LogP contribution is 2.22. The lowest BCUT2D eigenvalue weighted by atomic mass is 10.3. The maximum atomic E-state index is 11.5. The molecule has 20 heavy (non-hydrogen) atoms. The van der Waals surface area contributed by atoms with Crippen LogP contribution in [0.25, 0.3) is 5.65 Å². The first-order chi connectivity index (χ1) is 9.69. The van der Waals surface area contributed by atoms with Crippen molar-refractivity contribution < 1.29 is 15.0 Å². The second-order valence-electron chi connectivity index (χ2n) is 4.58. The fourth-order valence-corrected chi connectivity index (χ4v) is 2.20. The van der Waals surface area contributed by atoms with Gasteiger partial charge in [0.25, 0.3) is 0 Å². The average molecular weight is 277 g/mol. The van der Waals surface area contributed by atoms with Crippen molar-refractivity contribution in [2.45, 2.75) is 19.8 Å². The van der Waals surface area contributed by atoms with Crippen LogP contribution >= 0.6 is 0 Å². The Morgan fingerprint density at radius 3 is 2.85 bits per heavy atom. The minimum Gasteiger partial charge on any atom is -0.476 e. The molecule has 0 unspecified atom stereocenters. The van der Waals surface area contributed by atoms with E-state index in [1.54, 1.807) is 22.7 Å². The van der Waals surface area contributed by atoms with Crippen molar-refractivity contribution in [2.75, 3.05) is 24.6 Å². The van der Waals surface area contributed by atoms with E-state index in [-0.39, 0.29) is 12.3 Å². The molecule has 2 heterocycles. The minimum atomic E-state index is -1.02. The summed E-state index contributed by atoms with van der Waals surface area (Å²) < 4.78 is 1.56. The van der Waals surface area contributed by atoms with Crippen LogP contribution in [0.2, 0.25) is 0 Å². The monoisotopic (exact) mass is 277 g/mol. The number of rotatable bonds is 7. The lowest BCUT2D eigenvalue weighted by Crippen LogP contribution is -2.29. The van der Waals surface area contributed by atoms with E-state index in [2.05, 4.69) is 11.9 Å². The van der Waals surface area contributed by atoms with Gasteiger partial charge in [0.05, 0.1) is 6.61 Å². The Kier molecular flexibility index (Phi) is 4.57. The summed E-state index contributed by atoms with van der Waals surface area (Å²) in [6.07, 6.45) is 3.61. The second-order valence-corrected chi connectivity index (χ2v) is 4.58. The molecule has 0 aliphatic carbocycles. The molecule has 0 aromatic carbocycles. The number of aliphatic hydroxyl groups excluding tert-OH is 1. The zero-order chi connectivity index (χ0) is 14.5. The standard InChI is InChI=1S/C14H19N3O3/c1-2-3-7-16(9-10-18)13-12(14(19)20)17-8-5-4-6-11(17)15-13/h4-6,8,18H,2-3,7,9-10H2,1H3,(H,19,20). The van der Waals surface area contributed by atoms with E-state index in [1.807, 2.05) is 11.0 Å². The smallest absolute Gasteiger partial charge is 0.356 e. The largest absolute Gasteiger partial charge is 0.476 e. The number of carboxylic acid groups (broad SMARTS) is 1. The van der Waals surface area contributed by atoms with Crippen LogP contribution in [0.5, 0.6) is 0 Å². The minimum absolute atomic E-state index is 0.0311. The number of carbonyl (C=O) groups is 1. The second kappa shape index (κ2) is 6.38. The molecule has 0 fully saturated rings. The SMILES string of the molecule is CCCCN(CCO)c1nc2ccccn2c1C(=O)O.